The zero-order valence-electron chi connectivity index (χ0n) is 6.01. The monoisotopic (exact) mass is 474 g/mol. The first-order chi connectivity index (χ1) is 5.54. The Morgan fingerprint density at radius 3 is 1.92 bits per heavy atom. The van der Waals surface area contributed by atoms with Gasteiger partial charge in [0.25, 0.3) is 0 Å². The van der Waals surface area contributed by atoms with E-state index in [1.165, 1.54) is 3.61 Å². The third kappa shape index (κ3) is 3.28. The van der Waals surface area contributed by atoms with Gasteiger partial charge >= 0.3 is 95.0 Å². The van der Waals surface area contributed by atoms with Crippen LogP contribution < -0.4 is 3.61 Å². The molecule has 1 nitrogen and oxygen atoms in total. The first-order valence-electron chi connectivity index (χ1n) is 3.16. The van der Waals surface area contributed by atoms with Crippen molar-refractivity contribution in [1.82, 2.24) is 0 Å². The van der Waals surface area contributed by atoms with Crippen LogP contribution in [0.1, 0.15) is 5.56 Å². The van der Waals surface area contributed by atoms with E-state index in [-0.39, 0.29) is 6.61 Å². The van der Waals surface area contributed by atoms with Gasteiger partial charge in [-0.05, 0) is 0 Å². The maximum atomic E-state index is 8.81. The van der Waals surface area contributed by atoms with E-state index in [4.69, 9.17) is 5.11 Å². The molecule has 0 aliphatic heterocycles. The Morgan fingerprint density at radius 2 is 1.58 bits per heavy atom. The number of benzene rings is 1. The van der Waals surface area contributed by atoms with E-state index in [1.807, 2.05) is 24.3 Å². The fourth-order valence-corrected chi connectivity index (χ4v) is 6.36. The first kappa shape index (κ1) is 11.5. The molecule has 5 heteroatoms. The van der Waals surface area contributed by atoms with Crippen molar-refractivity contribution in [3.63, 3.8) is 0 Å². The van der Waals surface area contributed by atoms with Crippen molar-refractivity contribution in [2.24, 2.45) is 0 Å². The molecule has 0 aliphatic carbocycles. The molecule has 0 aliphatic rings. The molecule has 0 bridgehead atoms. The number of halogens is 3. The maximum absolute atomic E-state index is 8.81. The quantitative estimate of drug-likeness (QED) is 0.654. The van der Waals surface area contributed by atoms with Gasteiger partial charge in [-0.3, -0.25) is 0 Å². The van der Waals surface area contributed by atoms with E-state index in [9.17, 15) is 0 Å². The Hall–Kier alpha value is 1.41. The van der Waals surface area contributed by atoms with E-state index in [0.717, 1.165) is 5.56 Å². The summed E-state index contributed by atoms with van der Waals surface area (Å²) in [7, 11) is 0. The Bertz CT molecular complexity index is 254. The molecule has 0 heterocycles. The summed E-state index contributed by atoms with van der Waals surface area (Å²) >= 11 is 8.57. The summed E-state index contributed by atoms with van der Waals surface area (Å²) in [6, 6.07) is 7.90. The molecule has 1 N–H and O–H groups in total. The molecule has 68 valence electrons. The minimum absolute atomic E-state index is 0.105. The Kier molecular flexibility index (Phi) is 4.56. The van der Waals surface area contributed by atoms with E-state index < -0.39 is 11.6 Å². The van der Waals surface area contributed by atoms with Crippen LogP contribution in [0.2, 0.25) is 0 Å². The van der Waals surface area contributed by atoms with Gasteiger partial charge in [0.15, 0.2) is 0 Å². The second-order valence-corrected chi connectivity index (χ2v) is 42.9. The van der Waals surface area contributed by atoms with Gasteiger partial charge in [0.1, 0.15) is 0 Å². The van der Waals surface area contributed by atoms with Crippen molar-refractivity contribution in [1.29, 1.82) is 0 Å². The molecule has 0 unspecified atom stereocenters. The van der Waals surface area contributed by atoms with Gasteiger partial charge < -0.3 is 0 Å². The number of aliphatic hydroxyl groups is 1. The summed E-state index contributed by atoms with van der Waals surface area (Å²) in [4.78, 5) is 0. The molecule has 0 spiro atoms. The third-order valence-corrected chi connectivity index (χ3v) is 11.2. The minimum atomic E-state index is -2.21. The number of hydrogen-bond donors (Lipinski definition) is 1. The first-order valence-corrected chi connectivity index (χ1v) is 20.0. The van der Waals surface area contributed by atoms with Crippen LogP contribution >= 0.6 is 38.3 Å². The summed E-state index contributed by atoms with van der Waals surface area (Å²) in [6.07, 6.45) is 0. The summed E-state index contributed by atoms with van der Waals surface area (Å²) in [5, 5.41) is 8.81. The van der Waals surface area contributed by atoms with Crippen molar-refractivity contribution in [3.05, 3.63) is 29.8 Å². The molecule has 12 heavy (non-hydrogen) atoms. The molecule has 0 saturated heterocycles. The second-order valence-electron chi connectivity index (χ2n) is 2.21. The zero-order valence-corrected chi connectivity index (χ0v) is 13.1. The molecule has 0 amide bonds. The van der Waals surface area contributed by atoms with E-state index in [1.54, 1.807) is 0 Å². The SMILES string of the molecule is OCc1ccc([Te](Br)(Br)Br)cc1. The Morgan fingerprint density at radius 1 is 1.08 bits per heavy atom. The van der Waals surface area contributed by atoms with Crippen LogP contribution in [0.15, 0.2) is 24.3 Å². The molecule has 0 aromatic heterocycles. The molecular weight excluding hydrogens is 467 g/mol. The van der Waals surface area contributed by atoms with Crippen LogP contribution in [0.3, 0.4) is 0 Å². The van der Waals surface area contributed by atoms with Crippen LogP contribution in [0, 0.1) is 0 Å². The average Bonchev–Trinajstić information content (AvgIpc) is 2.03. The van der Waals surface area contributed by atoms with E-state index in [2.05, 4.69) is 38.3 Å². The van der Waals surface area contributed by atoms with Crippen molar-refractivity contribution in [2.45, 2.75) is 6.61 Å². The predicted octanol–water partition coefficient (Wildman–Crippen LogP) is 2.51. The molecule has 1 rings (SSSR count). The summed E-state index contributed by atoms with van der Waals surface area (Å²) < 4.78 is 1.25. The van der Waals surface area contributed by atoms with Crippen molar-refractivity contribution < 1.29 is 5.11 Å². The second kappa shape index (κ2) is 4.77. The van der Waals surface area contributed by atoms with Gasteiger partial charge in [-0.15, -0.1) is 0 Å². The van der Waals surface area contributed by atoms with Gasteiger partial charge in [0, 0.05) is 0 Å². The van der Waals surface area contributed by atoms with Gasteiger partial charge in [-0.2, -0.15) is 0 Å². The average molecular weight is 474 g/mol. The molecule has 0 fully saturated rings. The van der Waals surface area contributed by atoms with Crippen LogP contribution in [-0.2, 0) is 6.61 Å². The topological polar surface area (TPSA) is 20.2 Å². The molecular formula is C7H7Br3OTe. The van der Waals surface area contributed by atoms with Gasteiger partial charge in [-0.1, -0.05) is 0 Å². The van der Waals surface area contributed by atoms with Crippen LogP contribution in [-0.4, -0.2) is 16.7 Å². The number of aliphatic hydroxyl groups excluding tert-OH is 1. The van der Waals surface area contributed by atoms with Crippen LogP contribution in [0.4, 0.5) is 0 Å². The van der Waals surface area contributed by atoms with Gasteiger partial charge in [-0.25, -0.2) is 0 Å². The van der Waals surface area contributed by atoms with E-state index >= 15 is 0 Å². The van der Waals surface area contributed by atoms with Crippen molar-refractivity contribution in [2.75, 3.05) is 0 Å². The standard InChI is InChI=1S/C7H7Br3OTe/c8-12(9,10)7-3-1-6(5-11)2-4-7/h1-4,11H,5H2. The van der Waals surface area contributed by atoms with Crippen molar-refractivity contribution >= 4 is 53.4 Å². The Balaban J connectivity index is 2.93. The molecule has 0 atom stereocenters. The fourth-order valence-electron chi connectivity index (χ4n) is 0.749. The number of hydrogen-bond acceptors (Lipinski definition) is 1. The van der Waals surface area contributed by atoms with Crippen molar-refractivity contribution in [3.8, 4) is 0 Å². The number of rotatable bonds is 2. The normalized spacial score (nSPS) is 13.0. The molecule has 1 aromatic carbocycles. The van der Waals surface area contributed by atoms with Gasteiger partial charge in [0.2, 0.25) is 0 Å². The summed E-state index contributed by atoms with van der Waals surface area (Å²) in [5.74, 6) is 0. The zero-order chi connectivity index (χ0) is 9.19. The summed E-state index contributed by atoms with van der Waals surface area (Å²) in [6.45, 7) is 0.105. The fraction of sp³-hybridized carbons (Fsp3) is 0.143. The molecule has 0 saturated carbocycles. The van der Waals surface area contributed by atoms with Gasteiger partial charge in [0.05, 0.1) is 0 Å². The summed E-state index contributed by atoms with van der Waals surface area (Å²) in [5.41, 5.74) is 0.943. The molecule has 1 aromatic rings. The van der Waals surface area contributed by atoms with E-state index in [0.29, 0.717) is 0 Å². The molecule has 0 radical (unpaired) electrons. The Labute approximate surface area is 93.7 Å². The van der Waals surface area contributed by atoms with Crippen LogP contribution in [0.5, 0.6) is 0 Å². The third-order valence-electron chi connectivity index (χ3n) is 1.37. The predicted molar refractivity (Wildman–Crippen MR) is 64.5 cm³/mol. The van der Waals surface area contributed by atoms with Crippen LogP contribution in [0.25, 0.3) is 0 Å².